The Morgan fingerprint density at radius 3 is 2.46 bits per heavy atom. The summed E-state index contributed by atoms with van der Waals surface area (Å²) in [6.07, 6.45) is 0.190. The van der Waals surface area contributed by atoms with E-state index in [1.807, 2.05) is 28.0 Å². The number of nitriles is 1. The van der Waals surface area contributed by atoms with Crippen LogP contribution >= 0.6 is 11.3 Å². The minimum absolute atomic E-state index is 0.190. The molecule has 0 amide bonds. The molecule has 2 aromatic heterocycles. The Morgan fingerprint density at radius 2 is 1.79 bits per heavy atom. The normalized spacial score (nSPS) is 10.8. The third-order valence-electron chi connectivity index (χ3n) is 4.50. The van der Waals surface area contributed by atoms with Crippen molar-refractivity contribution >= 4 is 16.3 Å². The summed E-state index contributed by atoms with van der Waals surface area (Å²) in [6.45, 7) is 0. The first kappa shape index (κ1) is 18.0. The molecule has 0 saturated heterocycles. The number of benzene rings is 2. The number of ether oxygens (including phenoxy) is 2. The first-order valence-corrected chi connectivity index (χ1v) is 9.38. The van der Waals surface area contributed by atoms with Gasteiger partial charge in [-0.1, -0.05) is 0 Å². The van der Waals surface area contributed by atoms with Crippen LogP contribution in [0.1, 0.15) is 5.69 Å². The fraction of sp³-hybridized carbons (Fsp3) is 0.143. The largest absolute Gasteiger partial charge is 0.493 e. The van der Waals surface area contributed by atoms with Gasteiger partial charge in [-0.15, -0.1) is 11.3 Å². The van der Waals surface area contributed by atoms with Gasteiger partial charge in [0.25, 0.3) is 0 Å². The molecule has 0 aliphatic rings. The lowest BCUT2D eigenvalue weighted by atomic mass is 10.1. The molecule has 4 rings (SSSR count). The monoisotopic (exact) mass is 393 g/mol. The van der Waals surface area contributed by atoms with Crippen molar-refractivity contribution in [1.82, 2.24) is 9.38 Å². The molecule has 0 radical (unpaired) electrons. The van der Waals surface area contributed by atoms with E-state index in [1.165, 1.54) is 23.5 Å². The van der Waals surface area contributed by atoms with Crippen LogP contribution in [-0.4, -0.2) is 23.6 Å². The highest BCUT2D eigenvalue weighted by Crippen LogP contribution is 2.36. The molecule has 0 aliphatic heterocycles. The molecule has 0 spiro atoms. The van der Waals surface area contributed by atoms with Gasteiger partial charge < -0.3 is 9.47 Å². The maximum Gasteiger partial charge on any atom is 0.194 e. The predicted octanol–water partition coefficient (Wildman–Crippen LogP) is 4.95. The number of nitrogens with zero attached hydrogens (tertiary/aromatic N) is 3. The lowest BCUT2D eigenvalue weighted by Crippen LogP contribution is -1.96. The van der Waals surface area contributed by atoms with Crippen molar-refractivity contribution in [3.8, 4) is 40.1 Å². The van der Waals surface area contributed by atoms with Crippen LogP contribution in [0.25, 0.3) is 27.5 Å². The van der Waals surface area contributed by atoms with Gasteiger partial charge >= 0.3 is 0 Å². The second kappa shape index (κ2) is 7.33. The van der Waals surface area contributed by atoms with Gasteiger partial charge in [0.2, 0.25) is 0 Å². The van der Waals surface area contributed by atoms with E-state index in [-0.39, 0.29) is 12.2 Å². The van der Waals surface area contributed by atoms with Crippen LogP contribution < -0.4 is 9.47 Å². The molecule has 0 N–H and O–H groups in total. The molecule has 28 heavy (non-hydrogen) atoms. The zero-order chi connectivity index (χ0) is 19.7. The summed E-state index contributed by atoms with van der Waals surface area (Å²) in [4.78, 5) is 5.53. The number of rotatable bonds is 5. The van der Waals surface area contributed by atoms with Gasteiger partial charge in [-0.2, -0.15) is 5.26 Å². The van der Waals surface area contributed by atoms with Crippen molar-refractivity contribution < 1.29 is 13.9 Å². The van der Waals surface area contributed by atoms with Crippen LogP contribution in [0.3, 0.4) is 0 Å². The zero-order valence-corrected chi connectivity index (χ0v) is 16.1. The summed E-state index contributed by atoms with van der Waals surface area (Å²) in [5, 5.41) is 11.4. The second-order valence-corrected chi connectivity index (χ2v) is 6.89. The van der Waals surface area contributed by atoms with E-state index in [9.17, 15) is 9.65 Å². The van der Waals surface area contributed by atoms with Crippen LogP contribution in [0.4, 0.5) is 4.39 Å². The number of thiazole rings is 1. The van der Waals surface area contributed by atoms with E-state index in [0.29, 0.717) is 11.5 Å². The number of aromatic nitrogens is 2. The lowest BCUT2D eigenvalue weighted by molar-refractivity contribution is 0.355. The Bertz CT molecular complexity index is 1190. The van der Waals surface area contributed by atoms with Gasteiger partial charge in [-0.25, -0.2) is 9.37 Å². The number of halogens is 1. The van der Waals surface area contributed by atoms with E-state index in [4.69, 9.17) is 14.5 Å². The highest BCUT2D eigenvalue weighted by Gasteiger charge is 2.20. The summed E-state index contributed by atoms with van der Waals surface area (Å²) in [5.74, 6) is 0.934. The van der Waals surface area contributed by atoms with Crippen molar-refractivity contribution in [2.75, 3.05) is 14.2 Å². The Kier molecular flexibility index (Phi) is 4.72. The van der Waals surface area contributed by atoms with Gasteiger partial charge in [-0.05, 0) is 48.0 Å². The lowest BCUT2D eigenvalue weighted by Gasteiger charge is -2.09. The summed E-state index contributed by atoms with van der Waals surface area (Å²) < 4.78 is 26.0. The Morgan fingerprint density at radius 1 is 1.07 bits per heavy atom. The van der Waals surface area contributed by atoms with Crippen molar-refractivity contribution in [2.45, 2.75) is 6.42 Å². The standard InChI is InChI=1S/C21H16FN3O2S/c1-26-18-8-5-14(11-19(18)27-2)20-16(9-10-23)25-17(12-28-21(25)24-20)13-3-6-15(22)7-4-13/h3-8,11-12H,9H2,1-2H3. The average Bonchev–Trinajstić information content (AvgIpc) is 3.29. The quantitative estimate of drug-likeness (QED) is 0.481. The highest BCUT2D eigenvalue weighted by molar-refractivity contribution is 7.15. The van der Waals surface area contributed by atoms with Crippen molar-refractivity contribution in [1.29, 1.82) is 5.26 Å². The third-order valence-corrected chi connectivity index (χ3v) is 5.33. The SMILES string of the molecule is COc1ccc(-c2nc3scc(-c4ccc(F)cc4)n3c2CC#N)cc1OC. The molecule has 4 aromatic rings. The van der Waals surface area contributed by atoms with Crippen LogP contribution in [0.15, 0.2) is 47.8 Å². The number of hydrogen-bond acceptors (Lipinski definition) is 5. The summed E-state index contributed by atoms with van der Waals surface area (Å²) >= 11 is 1.48. The number of imidazole rings is 1. The van der Waals surface area contributed by atoms with Gasteiger partial charge in [-0.3, -0.25) is 4.40 Å². The van der Waals surface area contributed by atoms with Crippen LogP contribution in [0.2, 0.25) is 0 Å². The first-order chi connectivity index (χ1) is 13.7. The molecule has 0 aliphatic carbocycles. The van der Waals surface area contributed by atoms with Crippen molar-refractivity contribution in [3.63, 3.8) is 0 Å². The molecule has 0 bridgehead atoms. The van der Waals surface area contributed by atoms with Crippen LogP contribution in [0, 0.1) is 17.1 Å². The van der Waals surface area contributed by atoms with Crippen molar-refractivity contribution in [2.24, 2.45) is 0 Å². The molecule has 140 valence electrons. The number of hydrogen-bond donors (Lipinski definition) is 0. The second-order valence-electron chi connectivity index (χ2n) is 6.06. The minimum Gasteiger partial charge on any atom is -0.493 e. The van der Waals surface area contributed by atoms with E-state index >= 15 is 0 Å². The fourth-order valence-electron chi connectivity index (χ4n) is 3.19. The fourth-order valence-corrected chi connectivity index (χ4v) is 4.11. The van der Waals surface area contributed by atoms with Crippen LogP contribution in [0.5, 0.6) is 11.5 Å². The molecule has 0 fully saturated rings. The van der Waals surface area contributed by atoms with Gasteiger partial charge in [0.1, 0.15) is 5.82 Å². The van der Waals surface area contributed by atoms with Gasteiger partial charge in [0.15, 0.2) is 16.5 Å². The third kappa shape index (κ3) is 2.98. The molecular formula is C21H16FN3O2S. The molecule has 5 nitrogen and oxygen atoms in total. The summed E-state index contributed by atoms with van der Waals surface area (Å²) in [6, 6.07) is 14.1. The Labute approximate surface area is 165 Å². The van der Waals surface area contributed by atoms with Crippen LogP contribution in [-0.2, 0) is 6.42 Å². The number of fused-ring (bicyclic) bond motifs is 1. The van der Waals surface area contributed by atoms with E-state index in [0.717, 1.165) is 33.2 Å². The minimum atomic E-state index is -0.288. The molecular weight excluding hydrogens is 377 g/mol. The predicted molar refractivity (Wildman–Crippen MR) is 106 cm³/mol. The van der Waals surface area contributed by atoms with E-state index < -0.39 is 0 Å². The first-order valence-electron chi connectivity index (χ1n) is 8.50. The number of methoxy groups -OCH3 is 2. The maximum absolute atomic E-state index is 13.3. The Hall–Kier alpha value is -3.37. The average molecular weight is 393 g/mol. The Balaban J connectivity index is 1.92. The topological polar surface area (TPSA) is 59.5 Å². The maximum atomic E-state index is 13.3. The smallest absolute Gasteiger partial charge is 0.194 e. The summed E-state index contributed by atoms with van der Waals surface area (Å²) in [5.41, 5.74) is 4.08. The van der Waals surface area contributed by atoms with E-state index in [1.54, 1.807) is 26.4 Å². The summed E-state index contributed by atoms with van der Waals surface area (Å²) in [7, 11) is 3.16. The van der Waals surface area contributed by atoms with Gasteiger partial charge in [0.05, 0.1) is 43.8 Å². The zero-order valence-electron chi connectivity index (χ0n) is 15.3. The molecule has 2 aromatic carbocycles. The molecule has 0 saturated carbocycles. The highest BCUT2D eigenvalue weighted by atomic mass is 32.1. The molecule has 2 heterocycles. The van der Waals surface area contributed by atoms with E-state index in [2.05, 4.69) is 6.07 Å². The van der Waals surface area contributed by atoms with Gasteiger partial charge in [0, 0.05) is 10.9 Å². The molecule has 7 heteroatoms. The molecule has 0 atom stereocenters. The molecule has 0 unspecified atom stereocenters. The van der Waals surface area contributed by atoms with Crippen molar-refractivity contribution in [3.05, 3.63) is 59.4 Å².